The molecule has 0 fully saturated rings. The van der Waals surface area contributed by atoms with Gasteiger partial charge in [0, 0.05) is 19.1 Å². The molecule has 0 radical (unpaired) electrons. The molecule has 2 N–H and O–H groups in total. The molecule has 0 unspecified atom stereocenters. The minimum Gasteiger partial charge on any atom is -0.396 e. The van der Waals surface area contributed by atoms with E-state index >= 15 is 0 Å². The highest BCUT2D eigenvalue weighted by atomic mass is 16.5. The van der Waals surface area contributed by atoms with Gasteiger partial charge in [0.2, 0.25) is 0 Å². The van der Waals surface area contributed by atoms with Gasteiger partial charge in [-0.3, -0.25) is 0 Å². The minimum absolute atomic E-state index is 0.0242. The van der Waals surface area contributed by atoms with Crippen LogP contribution in [0.4, 0.5) is 0 Å². The van der Waals surface area contributed by atoms with Gasteiger partial charge in [-0.2, -0.15) is 0 Å². The summed E-state index contributed by atoms with van der Waals surface area (Å²) in [6.45, 7) is 5.11. The minimum atomic E-state index is -0.463. The summed E-state index contributed by atoms with van der Waals surface area (Å²) < 4.78 is 5.58. The molecule has 1 aromatic rings. The fourth-order valence-electron chi connectivity index (χ4n) is 1.87. The van der Waals surface area contributed by atoms with Crippen molar-refractivity contribution in [2.75, 3.05) is 13.2 Å². The molecule has 0 bridgehead atoms. The van der Waals surface area contributed by atoms with Crippen molar-refractivity contribution in [1.29, 1.82) is 0 Å². The molecular weight excluding hydrogens is 228 g/mol. The maximum atomic E-state index is 9.89. The standard InChI is InChI=1S/C15H24O3/c1-12(15(17)13(2)10-16)8-9-18-11-14-6-4-3-5-7-14/h3-7,12-13,15-17H,8-11H2,1-2H3/t12-,13+,15-/m1/s1. The lowest BCUT2D eigenvalue weighted by Gasteiger charge is -2.23. The van der Waals surface area contributed by atoms with Gasteiger partial charge in [-0.05, 0) is 17.9 Å². The SMILES string of the molecule is C[C@H](CCOCc1ccccc1)[C@@H](O)[C@@H](C)CO. The lowest BCUT2D eigenvalue weighted by Crippen LogP contribution is -2.28. The quantitative estimate of drug-likeness (QED) is 0.697. The largest absolute Gasteiger partial charge is 0.396 e. The maximum Gasteiger partial charge on any atom is 0.0716 e. The molecule has 3 atom stereocenters. The van der Waals surface area contributed by atoms with Gasteiger partial charge >= 0.3 is 0 Å². The Labute approximate surface area is 109 Å². The number of ether oxygens (including phenoxy) is 1. The van der Waals surface area contributed by atoms with E-state index in [0.29, 0.717) is 13.2 Å². The van der Waals surface area contributed by atoms with Crippen LogP contribution in [0.1, 0.15) is 25.8 Å². The number of hydrogen-bond acceptors (Lipinski definition) is 3. The van der Waals surface area contributed by atoms with Gasteiger partial charge in [0.25, 0.3) is 0 Å². The highest BCUT2D eigenvalue weighted by Gasteiger charge is 2.20. The Balaban J connectivity index is 2.18. The molecule has 3 nitrogen and oxygen atoms in total. The van der Waals surface area contributed by atoms with Gasteiger partial charge in [0.1, 0.15) is 0 Å². The third-order valence-electron chi connectivity index (χ3n) is 3.28. The predicted molar refractivity (Wildman–Crippen MR) is 72.1 cm³/mol. The molecule has 1 aromatic carbocycles. The van der Waals surface area contributed by atoms with Crippen LogP contribution in [0, 0.1) is 11.8 Å². The normalized spacial score (nSPS) is 16.2. The van der Waals surface area contributed by atoms with Gasteiger partial charge in [-0.25, -0.2) is 0 Å². The molecule has 3 heteroatoms. The summed E-state index contributed by atoms with van der Waals surface area (Å²) in [6, 6.07) is 10.0. The number of hydrogen-bond donors (Lipinski definition) is 2. The zero-order valence-electron chi connectivity index (χ0n) is 11.2. The molecule has 0 saturated carbocycles. The summed E-state index contributed by atoms with van der Waals surface area (Å²) in [5.41, 5.74) is 1.16. The van der Waals surface area contributed by atoms with Crippen molar-refractivity contribution in [1.82, 2.24) is 0 Å². The number of rotatable bonds is 8. The van der Waals surface area contributed by atoms with E-state index in [2.05, 4.69) is 0 Å². The highest BCUT2D eigenvalue weighted by molar-refractivity contribution is 5.13. The Morgan fingerprint density at radius 2 is 1.78 bits per heavy atom. The van der Waals surface area contributed by atoms with Crippen molar-refractivity contribution in [3.8, 4) is 0 Å². The number of benzene rings is 1. The van der Waals surface area contributed by atoms with E-state index in [1.807, 2.05) is 44.2 Å². The molecular formula is C15H24O3. The average molecular weight is 252 g/mol. The average Bonchev–Trinajstić information content (AvgIpc) is 2.42. The second kappa shape index (κ2) is 8.25. The van der Waals surface area contributed by atoms with E-state index < -0.39 is 6.10 Å². The summed E-state index contributed by atoms with van der Waals surface area (Å²) in [6.07, 6.45) is 0.341. The third kappa shape index (κ3) is 5.17. The van der Waals surface area contributed by atoms with Crippen molar-refractivity contribution in [3.05, 3.63) is 35.9 Å². The first-order valence-electron chi connectivity index (χ1n) is 6.55. The first-order valence-corrected chi connectivity index (χ1v) is 6.55. The number of aliphatic hydroxyl groups is 2. The van der Waals surface area contributed by atoms with E-state index in [1.54, 1.807) is 0 Å². The van der Waals surface area contributed by atoms with Gasteiger partial charge in [-0.1, -0.05) is 44.2 Å². The van der Waals surface area contributed by atoms with E-state index in [0.717, 1.165) is 12.0 Å². The molecule has 1 rings (SSSR count). The van der Waals surface area contributed by atoms with Gasteiger partial charge in [-0.15, -0.1) is 0 Å². The molecule has 102 valence electrons. The Hall–Kier alpha value is -0.900. The fraction of sp³-hybridized carbons (Fsp3) is 0.600. The Morgan fingerprint density at radius 3 is 2.39 bits per heavy atom. The molecule has 0 aliphatic rings. The molecule has 0 aromatic heterocycles. The van der Waals surface area contributed by atoms with Crippen LogP contribution >= 0.6 is 0 Å². The van der Waals surface area contributed by atoms with Crippen molar-refractivity contribution in [3.63, 3.8) is 0 Å². The Bertz CT molecular complexity index is 313. The summed E-state index contributed by atoms with van der Waals surface area (Å²) in [7, 11) is 0. The Morgan fingerprint density at radius 1 is 1.11 bits per heavy atom. The van der Waals surface area contributed by atoms with Crippen molar-refractivity contribution >= 4 is 0 Å². The zero-order chi connectivity index (χ0) is 13.4. The lowest BCUT2D eigenvalue weighted by molar-refractivity contribution is 0.0182. The van der Waals surface area contributed by atoms with Gasteiger partial charge in [0.05, 0.1) is 12.7 Å². The van der Waals surface area contributed by atoms with E-state index in [1.165, 1.54) is 0 Å². The van der Waals surface area contributed by atoms with E-state index in [4.69, 9.17) is 9.84 Å². The van der Waals surface area contributed by atoms with Gasteiger partial charge < -0.3 is 14.9 Å². The summed E-state index contributed by atoms with van der Waals surface area (Å²) in [5, 5.41) is 18.9. The molecule has 0 aliphatic carbocycles. The fourth-order valence-corrected chi connectivity index (χ4v) is 1.87. The van der Waals surface area contributed by atoms with E-state index in [9.17, 15) is 5.11 Å². The van der Waals surface area contributed by atoms with Crippen LogP contribution in [0.3, 0.4) is 0 Å². The first-order chi connectivity index (χ1) is 8.65. The van der Waals surface area contributed by atoms with Crippen molar-refractivity contribution in [2.45, 2.75) is 33.0 Å². The van der Waals surface area contributed by atoms with Crippen LogP contribution in [0.2, 0.25) is 0 Å². The van der Waals surface area contributed by atoms with Crippen LogP contribution in [-0.2, 0) is 11.3 Å². The smallest absolute Gasteiger partial charge is 0.0716 e. The summed E-state index contributed by atoms with van der Waals surface area (Å²) >= 11 is 0. The monoisotopic (exact) mass is 252 g/mol. The maximum absolute atomic E-state index is 9.89. The topological polar surface area (TPSA) is 49.7 Å². The molecule has 0 amide bonds. The third-order valence-corrected chi connectivity index (χ3v) is 3.28. The number of aliphatic hydroxyl groups excluding tert-OH is 2. The van der Waals surface area contributed by atoms with Crippen LogP contribution in [0.5, 0.6) is 0 Å². The molecule has 0 aliphatic heterocycles. The predicted octanol–water partition coefficient (Wildman–Crippen LogP) is 2.22. The summed E-state index contributed by atoms with van der Waals surface area (Å²) in [5.74, 6) is 0.0667. The summed E-state index contributed by atoms with van der Waals surface area (Å²) in [4.78, 5) is 0. The Kier molecular flexibility index (Phi) is 6.94. The second-order valence-electron chi connectivity index (χ2n) is 4.95. The van der Waals surface area contributed by atoms with Crippen LogP contribution in [0.25, 0.3) is 0 Å². The van der Waals surface area contributed by atoms with Gasteiger partial charge in [0.15, 0.2) is 0 Å². The highest BCUT2D eigenvalue weighted by Crippen LogP contribution is 2.16. The molecule has 0 spiro atoms. The van der Waals surface area contributed by atoms with Crippen LogP contribution in [-0.4, -0.2) is 29.5 Å². The van der Waals surface area contributed by atoms with Crippen molar-refractivity contribution in [2.24, 2.45) is 11.8 Å². The van der Waals surface area contributed by atoms with Crippen LogP contribution < -0.4 is 0 Å². The molecule has 0 heterocycles. The first kappa shape index (κ1) is 15.2. The molecule has 18 heavy (non-hydrogen) atoms. The van der Waals surface area contributed by atoms with E-state index in [-0.39, 0.29) is 18.4 Å². The van der Waals surface area contributed by atoms with Crippen LogP contribution in [0.15, 0.2) is 30.3 Å². The second-order valence-corrected chi connectivity index (χ2v) is 4.95. The lowest BCUT2D eigenvalue weighted by atomic mass is 9.92. The van der Waals surface area contributed by atoms with Crippen molar-refractivity contribution < 1.29 is 14.9 Å². The molecule has 0 saturated heterocycles. The zero-order valence-corrected chi connectivity index (χ0v) is 11.2.